The molecule has 112 valence electrons. The predicted octanol–water partition coefficient (Wildman–Crippen LogP) is 4.59. The Morgan fingerprint density at radius 1 is 1.00 bits per heavy atom. The molecule has 2 rings (SSSR count). The lowest BCUT2D eigenvalue weighted by Gasteiger charge is -2.16. The Hall–Kier alpha value is -1.95. The van der Waals surface area contributed by atoms with Gasteiger partial charge in [0.05, 0.1) is 0 Å². The third-order valence-electron chi connectivity index (χ3n) is 2.89. The van der Waals surface area contributed by atoms with E-state index in [9.17, 15) is 19.0 Å². The molecule has 2 aromatic carbocycles. The van der Waals surface area contributed by atoms with Crippen molar-refractivity contribution < 1.29 is 19.0 Å². The van der Waals surface area contributed by atoms with Crippen LogP contribution in [0.1, 0.15) is 18.5 Å². The van der Waals surface area contributed by atoms with Gasteiger partial charge in [0.15, 0.2) is 0 Å². The fourth-order valence-electron chi connectivity index (χ4n) is 1.93. The minimum absolute atomic E-state index is 0.0117. The van der Waals surface area contributed by atoms with Gasteiger partial charge in [-0.25, -0.2) is 0 Å². The molecule has 0 aliphatic rings. The van der Waals surface area contributed by atoms with Crippen LogP contribution in [0.15, 0.2) is 47.4 Å². The number of hydrogen-bond donors (Lipinski definition) is 3. The number of phenolic OH excluding ortho intramolecular Hbond substituents is 2. The summed E-state index contributed by atoms with van der Waals surface area (Å²) in [7, 11) is 0. The molecule has 0 radical (unpaired) electrons. The van der Waals surface area contributed by atoms with Crippen LogP contribution >= 0.6 is 11.8 Å². The molecule has 1 unspecified atom stereocenters. The summed E-state index contributed by atoms with van der Waals surface area (Å²) in [5, 5.41) is 22.1. The minimum Gasteiger partial charge on any atom is -0.508 e. The van der Waals surface area contributed by atoms with Crippen LogP contribution in [0.4, 0.5) is 14.5 Å². The van der Waals surface area contributed by atoms with Crippen molar-refractivity contribution in [1.29, 1.82) is 0 Å². The van der Waals surface area contributed by atoms with Crippen LogP contribution in [0.25, 0.3) is 0 Å². The number of phenols is 2. The lowest BCUT2D eigenvalue weighted by atomic mass is 10.1. The van der Waals surface area contributed by atoms with Crippen LogP contribution in [-0.4, -0.2) is 16.0 Å². The molecule has 0 aliphatic carbocycles. The average Bonchev–Trinajstić information content (AvgIpc) is 2.39. The Kier molecular flexibility index (Phi) is 4.90. The van der Waals surface area contributed by atoms with E-state index in [1.165, 1.54) is 6.07 Å². The predicted molar refractivity (Wildman–Crippen MR) is 80.1 cm³/mol. The zero-order valence-electron chi connectivity index (χ0n) is 11.3. The molecule has 3 N–H and O–H groups in total. The van der Waals surface area contributed by atoms with Gasteiger partial charge >= 0.3 is 0 Å². The van der Waals surface area contributed by atoms with Gasteiger partial charge in [0, 0.05) is 22.7 Å². The molecule has 0 saturated carbocycles. The second kappa shape index (κ2) is 6.67. The Morgan fingerprint density at radius 3 is 2.10 bits per heavy atom. The summed E-state index contributed by atoms with van der Waals surface area (Å²) in [6.07, 6.45) is 0. The van der Waals surface area contributed by atoms with Crippen molar-refractivity contribution in [2.24, 2.45) is 0 Å². The zero-order chi connectivity index (χ0) is 15.4. The fraction of sp³-hybridized carbons (Fsp3) is 0.200. The maximum atomic E-state index is 12.2. The van der Waals surface area contributed by atoms with Crippen molar-refractivity contribution in [2.45, 2.75) is 23.6 Å². The first kappa shape index (κ1) is 15.4. The molecule has 0 heterocycles. The van der Waals surface area contributed by atoms with Gasteiger partial charge in [0.1, 0.15) is 11.5 Å². The molecule has 0 spiro atoms. The first-order valence-electron chi connectivity index (χ1n) is 6.28. The van der Waals surface area contributed by atoms with Gasteiger partial charge in [-0.2, -0.15) is 8.78 Å². The normalized spacial score (nSPS) is 12.4. The van der Waals surface area contributed by atoms with Crippen molar-refractivity contribution in [3.63, 3.8) is 0 Å². The van der Waals surface area contributed by atoms with E-state index in [1.54, 1.807) is 36.4 Å². The lowest BCUT2D eigenvalue weighted by molar-refractivity contribution is 0.252. The number of halogens is 2. The fourth-order valence-corrected chi connectivity index (χ4v) is 2.43. The summed E-state index contributed by atoms with van der Waals surface area (Å²) in [6, 6.07) is 10.9. The van der Waals surface area contributed by atoms with Crippen LogP contribution in [0.3, 0.4) is 0 Å². The van der Waals surface area contributed by atoms with Crippen LogP contribution in [-0.2, 0) is 0 Å². The summed E-state index contributed by atoms with van der Waals surface area (Å²) >= 11 is 0.499. The van der Waals surface area contributed by atoms with Crippen molar-refractivity contribution in [2.75, 3.05) is 5.32 Å². The summed E-state index contributed by atoms with van der Waals surface area (Å²) in [5.41, 5.74) is 1.49. The van der Waals surface area contributed by atoms with Crippen LogP contribution in [0.5, 0.6) is 11.5 Å². The van der Waals surface area contributed by atoms with Crippen LogP contribution in [0.2, 0.25) is 0 Å². The van der Waals surface area contributed by atoms with Gasteiger partial charge in [0.2, 0.25) is 0 Å². The number of rotatable bonds is 5. The molecular formula is C15H15F2NO2S. The summed E-state index contributed by atoms with van der Waals surface area (Å²) in [5.74, 6) is -2.46. The molecule has 0 aliphatic heterocycles. The quantitative estimate of drug-likeness (QED) is 0.707. The van der Waals surface area contributed by atoms with E-state index in [0.717, 1.165) is 11.3 Å². The third kappa shape index (κ3) is 4.53. The van der Waals surface area contributed by atoms with E-state index >= 15 is 0 Å². The molecule has 6 heteroatoms. The van der Waals surface area contributed by atoms with Crippen molar-refractivity contribution in [1.82, 2.24) is 0 Å². The summed E-state index contributed by atoms with van der Waals surface area (Å²) < 4.78 is 24.5. The van der Waals surface area contributed by atoms with Gasteiger partial charge < -0.3 is 15.5 Å². The van der Waals surface area contributed by atoms with Gasteiger partial charge in [-0.15, -0.1) is 0 Å². The maximum Gasteiger partial charge on any atom is 0.288 e. The van der Waals surface area contributed by atoms with E-state index in [2.05, 4.69) is 5.32 Å². The molecule has 21 heavy (non-hydrogen) atoms. The Bertz CT molecular complexity index is 585. The highest BCUT2D eigenvalue weighted by Crippen LogP contribution is 2.29. The van der Waals surface area contributed by atoms with Crippen molar-refractivity contribution in [3.05, 3.63) is 48.0 Å². The minimum atomic E-state index is -2.43. The Balaban J connectivity index is 2.06. The SMILES string of the molecule is CC(Nc1ccc(SC(F)F)cc1)c1cc(O)cc(O)c1. The molecule has 0 aromatic heterocycles. The molecule has 0 amide bonds. The smallest absolute Gasteiger partial charge is 0.288 e. The maximum absolute atomic E-state index is 12.2. The van der Waals surface area contributed by atoms with E-state index in [-0.39, 0.29) is 17.5 Å². The molecule has 3 nitrogen and oxygen atoms in total. The van der Waals surface area contributed by atoms with Gasteiger partial charge in [0.25, 0.3) is 5.76 Å². The molecule has 0 saturated heterocycles. The molecule has 0 fully saturated rings. The number of aromatic hydroxyl groups is 2. The van der Waals surface area contributed by atoms with E-state index in [4.69, 9.17) is 0 Å². The average molecular weight is 311 g/mol. The number of hydrogen-bond acceptors (Lipinski definition) is 4. The molecular weight excluding hydrogens is 296 g/mol. The van der Waals surface area contributed by atoms with Crippen molar-refractivity contribution in [3.8, 4) is 11.5 Å². The van der Waals surface area contributed by atoms with Crippen LogP contribution < -0.4 is 5.32 Å². The van der Waals surface area contributed by atoms with Gasteiger partial charge in [-0.3, -0.25) is 0 Å². The Morgan fingerprint density at radius 2 is 1.57 bits per heavy atom. The van der Waals surface area contributed by atoms with E-state index in [0.29, 0.717) is 16.7 Å². The second-order valence-electron chi connectivity index (χ2n) is 4.55. The summed E-state index contributed by atoms with van der Waals surface area (Å²) in [6.45, 7) is 1.87. The number of alkyl halides is 2. The largest absolute Gasteiger partial charge is 0.508 e. The van der Waals surface area contributed by atoms with E-state index in [1.807, 2.05) is 6.92 Å². The molecule has 0 bridgehead atoms. The number of thioether (sulfide) groups is 1. The summed E-state index contributed by atoms with van der Waals surface area (Å²) in [4.78, 5) is 0.498. The first-order valence-corrected chi connectivity index (χ1v) is 7.16. The lowest BCUT2D eigenvalue weighted by Crippen LogP contribution is -2.06. The van der Waals surface area contributed by atoms with Crippen molar-refractivity contribution >= 4 is 17.4 Å². The topological polar surface area (TPSA) is 52.5 Å². The van der Waals surface area contributed by atoms with Gasteiger partial charge in [-0.05, 0) is 48.9 Å². The third-order valence-corrected chi connectivity index (χ3v) is 3.61. The highest BCUT2D eigenvalue weighted by Gasteiger charge is 2.09. The highest BCUT2D eigenvalue weighted by molar-refractivity contribution is 7.99. The Labute approximate surface area is 125 Å². The molecule has 2 aromatic rings. The zero-order valence-corrected chi connectivity index (χ0v) is 12.1. The van der Waals surface area contributed by atoms with Crippen LogP contribution in [0, 0.1) is 0 Å². The highest BCUT2D eigenvalue weighted by atomic mass is 32.2. The monoisotopic (exact) mass is 311 g/mol. The number of anilines is 1. The number of benzene rings is 2. The standard InChI is InChI=1S/C15H15F2NO2S/c1-9(10-6-12(19)8-13(20)7-10)18-11-2-4-14(5-3-11)21-15(16)17/h2-9,15,18-20H,1H3. The molecule has 1 atom stereocenters. The number of nitrogens with one attached hydrogen (secondary N) is 1. The first-order chi connectivity index (χ1) is 9.94. The second-order valence-corrected chi connectivity index (χ2v) is 5.62. The van der Waals surface area contributed by atoms with Gasteiger partial charge in [-0.1, -0.05) is 11.8 Å². The van der Waals surface area contributed by atoms with E-state index < -0.39 is 5.76 Å².